The van der Waals surface area contributed by atoms with Crippen LogP contribution in [0.5, 0.6) is 0 Å². The van der Waals surface area contributed by atoms with Gasteiger partial charge in [0.1, 0.15) is 11.5 Å². The van der Waals surface area contributed by atoms with E-state index in [-0.39, 0.29) is 5.78 Å². The predicted molar refractivity (Wildman–Crippen MR) is 74.7 cm³/mol. The van der Waals surface area contributed by atoms with Crippen molar-refractivity contribution in [2.75, 3.05) is 0 Å². The predicted octanol–water partition coefficient (Wildman–Crippen LogP) is 4.25. The van der Waals surface area contributed by atoms with Gasteiger partial charge in [-0.05, 0) is 39.3 Å². The Labute approximate surface area is 112 Å². The number of rotatable bonds is 4. The monoisotopic (exact) mass is 262 g/mol. The highest BCUT2D eigenvalue weighted by Crippen LogP contribution is 2.24. The Balaban J connectivity index is 2.21. The van der Waals surface area contributed by atoms with Crippen LogP contribution >= 0.6 is 11.3 Å². The molecule has 2 aromatic heterocycles. The van der Waals surface area contributed by atoms with Gasteiger partial charge in [0.2, 0.25) is 0 Å². The highest BCUT2D eigenvalue weighted by Gasteiger charge is 2.19. The topological polar surface area (TPSA) is 30.2 Å². The van der Waals surface area contributed by atoms with E-state index in [1.54, 1.807) is 11.3 Å². The molecule has 0 amide bonds. The van der Waals surface area contributed by atoms with Crippen LogP contribution in [0.1, 0.15) is 44.1 Å². The normalized spacial score (nSPS) is 10.9. The van der Waals surface area contributed by atoms with E-state index in [2.05, 4.69) is 19.1 Å². The first-order chi connectivity index (χ1) is 8.52. The van der Waals surface area contributed by atoms with E-state index in [4.69, 9.17) is 4.42 Å². The Morgan fingerprint density at radius 3 is 2.33 bits per heavy atom. The van der Waals surface area contributed by atoms with Crippen molar-refractivity contribution in [3.05, 3.63) is 44.5 Å². The smallest absolute Gasteiger partial charge is 0.171 e. The largest absolute Gasteiger partial charge is 0.466 e. The van der Waals surface area contributed by atoms with Gasteiger partial charge in [0.25, 0.3) is 0 Å². The number of furan rings is 1. The summed E-state index contributed by atoms with van der Waals surface area (Å²) < 4.78 is 5.51. The molecule has 0 aliphatic rings. The average molecular weight is 262 g/mol. The van der Waals surface area contributed by atoms with E-state index >= 15 is 0 Å². The quantitative estimate of drug-likeness (QED) is 0.771. The molecule has 0 saturated heterocycles. The zero-order valence-electron chi connectivity index (χ0n) is 11.3. The van der Waals surface area contributed by atoms with Crippen molar-refractivity contribution in [3.63, 3.8) is 0 Å². The molecule has 0 atom stereocenters. The first-order valence-electron chi connectivity index (χ1n) is 6.20. The summed E-state index contributed by atoms with van der Waals surface area (Å²) in [5.74, 6) is 1.74. The van der Waals surface area contributed by atoms with Gasteiger partial charge >= 0.3 is 0 Å². The first-order valence-corrected chi connectivity index (χ1v) is 7.02. The fourth-order valence-electron chi connectivity index (χ4n) is 2.16. The van der Waals surface area contributed by atoms with Gasteiger partial charge in [-0.15, -0.1) is 11.3 Å². The van der Waals surface area contributed by atoms with Crippen LogP contribution in [-0.4, -0.2) is 5.78 Å². The zero-order chi connectivity index (χ0) is 13.3. The molecular weight excluding hydrogens is 244 g/mol. The number of thiophene rings is 1. The van der Waals surface area contributed by atoms with Crippen LogP contribution in [0.15, 0.2) is 16.5 Å². The van der Waals surface area contributed by atoms with Crippen LogP contribution in [0.25, 0.3) is 0 Å². The van der Waals surface area contributed by atoms with Gasteiger partial charge in [0, 0.05) is 21.7 Å². The molecule has 0 bridgehead atoms. The fraction of sp³-hybridized carbons (Fsp3) is 0.400. The summed E-state index contributed by atoms with van der Waals surface area (Å²) in [6, 6.07) is 4.16. The third-order valence-electron chi connectivity index (χ3n) is 3.24. The Kier molecular flexibility index (Phi) is 3.71. The van der Waals surface area contributed by atoms with E-state index in [1.807, 2.05) is 20.8 Å². The highest BCUT2D eigenvalue weighted by molar-refractivity contribution is 7.12. The minimum atomic E-state index is 0.159. The zero-order valence-corrected chi connectivity index (χ0v) is 12.1. The molecule has 0 aliphatic heterocycles. The fourth-order valence-corrected chi connectivity index (χ4v) is 3.11. The summed E-state index contributed by atoms with van der Waals surface area (Å²) in [4.78, 5) is 14.8. The summed E-state index contributed by atoms with van der Waals surface area (Å²) in [5.41, 5.74) is 1.74. The average Bonchev–Trinajstić information content (AvgIpc) is 2.85. The van der Waals surface area contributed by atoms with E-state index in [9.17, 15) is 4.79 Å². The summed E-state index contributed by atoms with van der Waals surface area (Å²) >= 11 is 1.72. The SMILES string of the molecule is CCc1ccc(CC(=O)c2c(C)oc(C)c2C)s1. The van der Waals surface area contributed by atoms with Crippen LogP contribution in [0.3, 0.4) is 0 Å². The maximum absolute atomic E-state index is 12.3. The lowest BCUT2D eigenvalue weighted by atomic mass is 10.0. The third kappa shape index (κ3) is 2.41. The number of ketones is 1. The second-order valence-corrected chi connectivity index (χ2v) is 5.79. The highest BCUT2D eigenvalue weighted by atomic mass is 32.1. The van der Waals surface area contributed by atoms with Crippen molar-refractivity contribution >= 4 is 17.1 Å². The molecular formula is C15H18O2S. The molecule has 2 rings (SSSR count). The van der Waals surface area contributed by atoms with Crippen molar-refractivity contribution < 1.29 is 9.21 Å². The maximum Gasteiger partial charge on any atom is 0.171 e. The lowest BCUT2D eigenvalue weighted by molar-refractivity contribution is 0.0992. The Hall–Kier alpha value is -1.35. The molecule has 18 heavy (non-hydrogen) atoms. The summed E-state index contributed by atoms with van der Waals surface area (Å²) in [6.07, 6.45) is 1.51. The van der Waals surface area contributed by atoms with Crippen LogP contribution in [0.2, 0.25) is 0 Å². The summed E-state index contributed by atoms with van der Waals surface area (Å²) in [5, 5.41) is 0. The number of hydrogen-bond acceptors (Lipinski definition) is 3. The van der Waals surface area contributed by atoms with E-state index in [0.717, 1.165) is 33.9 Å². The molecule has 2 nitrogen and oxygen atoms in total. The molecule has 2 aromatic rings. The molecule has 0 radical (unpaired) electrons. The summed E-state index contributed by atoms with van der Waals surface area (Å²) in [6.45, 7) is 7.84. The van der Waals surface area contributed by atoms with Gasteiger partial charge < -0.3 is 4.42 Å². The molecule has 0 spiro atoms. The molecule has 3 heteroatoms. The maximum atomic E-state index is 12.3. The van der Waals surface area contributed by atoms with Gasteiger partial charge in [-0.2, -0.15) is 0 Å². The molecule has 0 unspecified atom stereocenters. The van der Waals surface area contributed by atoms with Crippen LogP contribution in [0, 0.1) is 20.8 Å². The lowest BCUT2D eigenvalue weighted by Gasteiger charge is -1.99. The van der Waals surface area contributed by atoms with Gasteiger partial charge in [-0.3, -0.25) is 4.79 Å². The van der Waals surface area contributed by atoms with E-state index in [0.29, 0.717) is 6.42 Å². The van der Waals surface area contributed by atoms with Crippen molar-refractivity contribution in [3.8, 4) is 0 Å². The van der Waals surface area contributed by atoms with Gasteiger partial charge in [0.15, 0.2) is 5.78 Å². The Bertz CT molecular complexity index is 575. The van der Waals surface area contributed by atoms with Crippen molar-refractivity contribution in [1.29, 1.82) is 0 Å². The molecule has 0 fully saturated rings. The number of hydrogen-bond donors (Lipinski definition) is 0. The second-order valence-electron chi connectivity index (χ2n) is 4.54. The van der Waals surface area contributed by atoms with E-state index in [1.165, 1.54) is 4.88 Å². The van der Waals surface area contributed by atoms with Gasteiger partial charge in [-0.25, -0.2) is 0 Å². The van der Waals surface area contributed by atoms with E-state index < -0.39 is 0 Å². The number of Topliss-reactive ketones (excluding diaryl/α,β-unsaturated/α-hetero) is 1. The first kappa shape index (κ1) is 13.1. The van der Waals surface area contributed by atoms with Gasteiger partial charge in [-0.1, -0.05) is 6.92 Å². The number of carbonyl (C=O) groups is 1. The van der Waals surface area contributed by atoms with Crippen LogP contribution in [-0.2, 0) is 12.8 Å². The standard InChI is InChI=1S/C15H18O2S/c1-5-12-6-7-13(18-12)8-14(16)15-9(2)10(3)17-11(15)4/h6-7H,5,8H2,1-4H3. The Morgan fingerprint density at radius 1 is 1.17 bits per heavy atom. The lowest BCUT2D eigenvalue weighted by Crippen LogP contribution is -2.04. The van der Waals surface area contributed by atoms with Gasteiger partial charge in [0.05, 0.1) is 5.56 Å². The van der Waals surface area contributed by atoms with Crippen LogP contribution in [0.4, 0.5) is 0 Å². The van der Waals surface area contributed by atoms with Crippen molar-refractivity contribution in [2.45, 2.75) is 40.5 Å². The second kappa shape index (κ2) is 5.11. The minimum Gasteiger partial charge on any atom is -0.466 e. The Morgan fingerprint density at radius 2 is 1.83 bits per heavy atom. The van der Waals surface area contributed by atoms with Crippen molar-refractivity contribution in [2.24, 2.45) is 0 Å². The minimum absolute atomic E-state index is 0.159. The number of aryl methyl sites for hydroxylation is 3. The third-order valence-corrected chi connectivity index (χ3v) is 4.47. The molecule has 2 heterocycles. The molecule has 0 saturated carbocycles. The molecule has 0 aromatic carbocycles. The van der Waals surface area contributed by atoms with Crippen molar-refractivity contribution in [1.82, 2.24) is 0 Å². The molecule has 96 valence electrons. The molecule has 0 N–H and O–H groups in total. The van der Waals surface area contributed by atoms with Crippen LogP contribution < -0.4 is 0 Å². The number of carbonyl (C=O) groups excluding carboxylic acids is 1. The molecule has 0 aliphatic carbocycles. The summed E-state index contributed by atoms with van der Waals surface area (Å²) in [7, 11) is 0.